The van der Waals surface area contributed by atoms with Gasteiger partial charge in [0.15, 0.2) is 0 Å². The standard InChI is InChI=1S/C12H10ClNOS/c1-15-10-6-2-3-7-11(10)16-12-9(13)5-4-8-14-12/h2-8H,1H3. The summed E-state index contributed by atoms with van der Waals surface area (Å²) in [6, 6.07) is 11.4. The maximum Gasteiger partial charge on any atom is 0.132 e. The molecule has 0 N–H and O–H groups in total. The molecule has 0 amide bonds. The van der Waals surface area contributed by atoms with Crippen LogP contribution in [0.25, 0.3) is 0 Å². The number of benzene rings is 1. The number of aromatic nitrogens is 1. The molecule has 2 rings (SSSR count). The third-order valence-electron chi connectivity index (χ3n) is 2.00. The molecule has 0 aliphatic carbocycles. The van der Waals surface area contributed by atoms with E-state index >= 15 is 0 Å². The van der Waals surface area contributed by atoms with E-state index in [9.17, 15) is 0 Å². The maximum absolute atomic E-state index is 6.05. The lowest BCUT2D eigenvalue weighted by Crippen LogP contribution is -1.86. The van der Waals surface area contributed by atoms with Gasteiger partial charge in [0.25, 0.3) is 0 Å². The second kappa shape index (κ2) is 5.23. The molecule has 1 aromatic heterocycles. The Morgan fingerprint density at radius 3 is 2.75 bits per heavy atom. The Labute approximate surface area is 104 Å². The zero-order chi connectivity index (χ0) is 11.4. The highest BCUT2D eigenvalue weighted by Gasteiger charge is 2.07. The van der Waals surface area contributed by atoms with Crippen molar-refractivity contribution in [3.05, 3.63) is 47.6 Å². The lowest BCUT2D eigenvalue weighted by Gasteiger charge is -2.07. The molecule has 0 fully saturated rings. The molecule has 0 aliphatic heterocycles. The average molecular weight is 252 g/mol. The summed E-state index contributed by atoms with van der Waals surface area (Å²) in [6.07, 6.45) is 1.73. The fourth-order valence-corrected chi connectivity index (χ4v) is 2.38. The van der Waals surface area contributed by atoms with E-state index in [1.165, 1.54) is 11.8 Å². The molecule has 0 radical (unpaired) electrons. The molecular formula is C12H10ClNOS. The van der Waals surface area contributed by atoms with E-state index in [0.717, 1.165) is 15.7 Å². The molecule has 0 saturated carbocycles. The topological polar surface area (TPSA) is 22.1 Å². The van der Waals surface area contributed by atoms with Gasteiger partial charge in [-0.15, -0.1) is 0 Å². The van der Waals surface area contributed by atoms with E-state index in [0.29, 0.717) is 5.02 Å². The van der Waals surface area contributed by atoms with E-state index in [2.05, 4.69) is 4.98 Å². The zero-order valence-electron chi connectivity index (χ0n) is 8.68. The monoisotopic (exact) mass is 251 g/mol. The number of nitrogens with zero attached hydrogens (tertiary/aromatic N) is 1. The molecule has 2 aromatic rings. The van der Waals surface area contributed by atoms with Crippen molar-refractivity contribution < 1.29 is 4.74 Å². The Bertz CT molecular complexity index is 490. The highest BCUT2D eigenvalue weighted by molar-refractivity contribution is 7.99. The van der Waals surface area contributed by atoms with Crippen LogP contribution < -0.4 is 4.74 Å². The van der Waals surface area contributed by atoms with Gasteiger partial charge in [0.05, 0.1) is 17.0 Å². The summed E-state index contributed by atoms with van der Waals surface area (Å²) in [5.41, 5.74) is 0. The average Bonchev–Trinajstić information content (AvgIpc) is 2.33. The highest BCUT2D eigenvalue weighted by Crippen LogP contribution is 2.36. The largest absolute Gasteiger partial charge is 0.496 e. The Morgan fingerprint density at radius 2 is 2.00 bits per heavy atom. The van der Waals surface area contributed by atoms with Gasteiger partial charge < -0.3 is 4.74 Å². The normalized spacial score (nSPS) is 10.1. The van der Waals surface area contributed by atoms with Gasteiger partial charge in [-0.25, -0.2) is 4.98 Å². The maximum atomic E-state index is 6.05. The van der Waals surface area contributed by atoms with Gasteiger partial charge in [-0.05, 0) is 24.3 Å². The van der Waals surface area contributed by atoms with Gasteiger partial charge in [-0.3, -0.25) is 0 Å². The first-order valence-corrected chi connectivity index (χ1v) is 5.92. The van der Waals surface area contributed by atoms with E-state index in [4.69, 9.17) is 16.3 Å². The zero-order valence-corrected chi connectivity index (χ0v) is 10.3. The van der Waals surface area contributed by atoms with Crippen LogP contribution in [0.4, 0.5) is 0 Å². The number of methoxy groups -OCH3 is 1. The van der Waals surface area contributed by atoms with E-state index in [1.807, 2.05) is 36.4 Å². The molecule has 0 atom stereocenters. The van der Waals surface area contributed by atoms with E-state index in [-0.39, 0.29) is 0 Å². The number of ether oxygens (including phenoxy) is 1. The molecule has 4 heteroatoms. The van der Waals surface area contributed by atoms with Gasteiger partial charge >= 0.3 is 0 Å². The first kappa shape index (κ1) is 11.3. The summed E-state index contributed by atoms with van der Waals surface area (Å²) < 4.78 is 5.27. The second-order valence-electron chi connectivity index (χ2n) is 3.04. The molecule has 0 spiro atoms. The number of hydrogen-bond acceptors (Lipinski definition) is 3. The lowest BCUT2D eigenvalue weighted by atomic mass is 10.3. The summed E-state index contributed by atoms with van der Waals surface area (Å²) in [5, 5.41) is 1.44. The predicted octanol–water partition coefficient (Wildman–Crippen LogP) is 3.89. The van der Waals surface area contributed by atoms with Crippen molar-refractivity contribution in [1.82, 2.24) is 4.98 Å². The van der Waals surface area contributed by atoms with Crippen LogP contribution in [-0.4, -0.2) is 12.1 Å². The van der Waals surface area contributed by atoms with Crippen molar-refractivity contribution in [2.24, 2.45) is 0 Å². The Kier molecular flexibility index (Phi) is 3.70. The Hall–Kier alpha value is -1.19. The van der Waals surface area contributed by atoms with E-state index in [1.54, 1.807) is 13.3 Å². The molecule has 0 saturated heterocycles. The Balaban J connectivity index is 2.30. The molecule has 2 nitrogen and oxygen atoms in total. The summed E-state index contributed by atoms with van der Waals surface area (Å²) in [5.74, 6) is 0.828. The number of hydrogen-bond donors (Lipinski definition) is 0. The summed E-state index contributed by atoms with van der Waals surface area (Å²) in [6.45, 7) is 0. The molecule has 0 aliphatic rings. The minimum absolute atomic E-state index is 0.651. The van der Waals surface area contributed by atoms with Gasteiger partial charge in [0.2, 0.25) is 0 Å². The van der Waals surface area contributed by atoms with Crippen LogP contribution in [0, 0.1) is 0 Å². The van der Waals surface area contributed by atoms with Crippen molar-refractivity contribution in [2.45, 2.75) is 9.92 Å². The van der Waals surface area contributed by atoms with E-state index < -0.39 is 0 Å². The molecule has 1 aromatic carbocycles. The lowest BCUT2D eigenvalue weighted by molar-refractivity contribution is 0.405. The number of rotatable bonds is 3. The highest BCUT2D eigenvalue weighted by atomic mass is 35.5. The van der Waals surface area contributed by atoms with Gasteiger partial charge in [0, 0.05) is 6.20 Å². The van der Waals surface area contributed by atoms with Gasteiger partial charge in [-0.2, -0.15) is 0 Å². The number of halogens is 1. The fourth-order valence-electron chi connectivity index (χ4n) is 1.25. The van der Waals surface area contributed by atoms with Gasteiger partial charge in [-0.1, -0.05) is 35.5 Å². The molecule has 0 bridgehead atoms. The molecule has 0 unspecified atom stereocenters. The Morgan fingerprint density at radius 1 is 1.19 bits per heavy atom. The predicted molar refractivity (Wildman–Crippen MR) is 66.4 cm³/mol. The van der Waals surface area contributed by atoms with Crippen molar-refractivity contribution >= 4 is 23.4 Å². The molecule has 16 heavy (non-hydrogen) atoms. The molecule has 82 valence electrons. The second-order valence-corrected chi connectivity index (χ2v) is 4.48. The van der Waals surface area contributed by atoms with Crippen molar-refractivity contribution in [3.8, 4) is 5.75 Å². The van der Waals surface area contributed by atoms with Crippen LogP contribution >= 0.6 is 23.4 Å². The quantitative estimate of drug-likeness (QED) is 0.826. The van der Waals surface area contributed by atoms with Crippen molar-refractivity contribution in [1.29, 1.82) is 0 Å². The third kappa shape index (κ3) is 2.49. The van der Waals surface area contributed by atoms with Crippen LogP contribution in [-0.2, 0) is 0 Å². The van der Waals surface area contributed by atoms with Crippen molar-refractivity contribution in [3.63, 3.8) is 0 Å². The van der Waals surface area contributed by atoms with Crippen LogP contribution in [0.2, 0.25) is 5.02 Å². The minimum atomic E-state index is 0.651. The van der Waals surface area contributed by atoms with Crippen LogP contribution in [0.5, 0.6) is 5.75 Å². The first-order chi connectivity index (χ1) is 7.81. The summed E-state index contributed by atoms with van der Waals surface area (Å²) in [4.78, 5) is 5.23. The number of para-hydroxylation sites is 1. The van der Waals surface area contributed by atoms with Crippen LogP contribution in [0.1, 0.15) is 0 Å². The molecular weight excluding hydrogens is 242 g/mol. The summed E-state index contributed by atoms with van der Waals surface area (Å²) in [7, 11) is 1.65. The summed E-state index contributed by atoms with van der Waals surface area (Å²) >= 11 is 7.54. The fraction of sp³-hybridized carbons (Fsp3) is 0.0833. The van der Waals surface area contributed by atoms with Crippen LogP contribution in [0.3, 0.4) is 0 Å². The smallest absolute Gasteiger partial charge is 0.132 e. The molecule has 1 heterocycles. The SMILES string of the molecule is COc1ccccc1Sc1ncccc1Cl. The first-order valence-electron chi connectivity index (χ1n) is 4.72. The van der Waals surface area contributed by atoms with Crippen LogP contribution in [0.15, 0.2) is 52.5 Å². The third-order valence-corrected chi connectivity index (χ3v) is 3.49. The van der Waals surface area contributed by atoms with Gasteiger partial charge in [0.1, 0.15) is 10.8 Å². The number of pyridine rings is 1. The minimum Gasteiger partial charge on any atom is -0.496 e. The van der Waals surface area contributed by atoms with Crippen molar-refractivity contribution in [2.75, 3.05) is 7.11 Å².